The highest BCUT2D eigenvalue weighted by Gasteiger charge is 2.37. The van der Waals surface area contributed by atoms with Crippen molar-refractivity contribution in [1.82, 2.24) is 9.80 Å². The zero-order valence-electron chi connectivity index (χ0n) is 15.8. The molecule has 146 valence electrons. The zero-order valence-corrected chi connectivity index (χ0v) is 17.3. The molecule has 0 N–H and O–H groups in total. The van der Waals surface area contributed by atoms with Gasteiger partial charge in [-0.05, 0) is 29.8 Å². The van der Waals surface area contributed by atoms with Crippen molar-refractivity contribution in [3.8, 4) is 0 Å². The van der Waals surface area contributed by atoms with E-state index in [2.05, 4.69) is 45.1 Å². The predicted octanol–water partition coefficient (Wildman–Crippen LogP) is 3.15. The topological polar surface area (TPSA) is 43.9 Å². The third-order valence-electron chi connectivity index (χ3n) is 5.55. The zero-order chi connectivity index (χ0) is 19.5. The SMILES string of the molecule is O=C([C@H]1CC(=O)N(c2ccc(Br)cc2)C1)N1CCN(Cc2ccccc2)CC1. The number of anilines is 1. The number of carbonyl (C=O) groups is 2. The summed E-state index contributed by atoms with van der Waals surface area (Å²) in [6.07, 6.45) is 0.305. The highest BCUT2D eigenvalue weighted by Crippen LogP contribution is 2.27. The fourth-order valence-corrected chi connectivity index (χ4v) is 4.23. The molecule has 0 radical (unpaired) electrons. The van der Waals surface area contributed by atoms with Gasteiger partial charge < -0.3 is 9.80 Å². The minimum atomic E-state index is -0.239. The lowest BCUT2D eigenvalue weighted by atomic mass is 10.1. The van der Waals surface area contributed by atoms with Crippen LogP contribution in [0.3, 0.4) is 0 Å². The molecule has 2 fully saturated rings. The van der Waals surface area contributed by atoms with Crippen molar-refractivity contribution in [2.75, 3.05) is 37.6 Å². The second-order valence-corrected chi connectivity index (χ2v) is 8.38. The van der Waals surface area contributed by atoms with Crippen molar-refractivity contribution in [2.45, 2.75) is 13.0 Å². The van der Waals surface area contributed by atoms with Crippen LogP contribution in [0.5, 0.6) is 0 Å². The van der Waals surface area contributed by atoms with Crippen LogP contribution >= 0.6 is 15.9 Å². The molecule has 2 amide bonds. The van der Waals surface area contributed by atoms with Gasteiger partial charge in [-0.15, -0.1) is 0 Å². The minimum Gasteiger partial charge on any atom is -0.340 e. The smallest absolute Gasteiger partial charge is 0.228 e. The average molecular weight is 442 g/mol. The van der Waals surface area contributed by atoms with Crippen LogP contribution in [-0.2, 0) is 16.1 Å². The summed E-state index contributed by atoms with van der Waals surface area (Å²) in [6.45, 7) is 4.60. The Morgan fingerprint density at radius 1 is 0.964 bits per heavy atom. The van der Waals surface area contributed by atoms with E-state index in [9.17, 15) is 9.59 Å². The van der Waals surface area contributed by atoms with E-state index in [-0.39, 0.29) is 17.7 Å². The molecule has 0 saturated carbocycles. The first-order valence-electron chi connectivity index (χ1n) is 9.71. The van der Waals surface area contributed by atoms with Crippen LogP contribution in [0.15, 0.2) is 59.1 Å². The van der Waals surface area contributed by atoms with E-state index < -0.39 is 0 Å². The molecule has 0 aliphatic carbocycles. The van der Waals surface area contributed by atoms with Gasteiger partial charge in [0.1, 0.15) is 0 Å². The molecule has 4 rings (SSSR count). The van der Waals surface area contributed by atoms with Crippen molar-refractivity contribution in [2.24, 2.45) is 5.92 Å². The second kappa shape index (κ2) is 8.45. The van der Waals surface area contributed by atoms with E-state index in [4.69, 9.17) is 0 Å². The number of nitrogens with zero attached hydrogens (tertiary/aromatic N) is 3. The van der Waals surface area contributed by atoms with Crippen LogP contribution in [0.2, 0.25) is 0 Å². The van der Waals surface area contributed by atoms with E-state index in [1.165, 1.54) is 5.56 Å². The van der Waals surface area contributed by atoms with Gasteiger partial charge in [0.25, 0.3) is 0 Å². The summed E-state index contributed by atoms with van der Waals surface area (Å²) in [5.74, 6) is -0.0903. The van der Waals surface area contributed by atoms with E-state index in [0.29, 0.717) is 13.0 Å². The fraction of sp³-hybridized carbons (Fsp3) is 0.364. The maximum absolute atomic E-state index is 13.0. The van der Waals surface area contributed by atoms with Crippen LogP contribution in [0.1, 0.15) is 12.0 Å². The molecule has 6 heteroatoms. The number of amides is 2. The van der Waals surface area contributed by atoms with Gasteiger partial charge >= 0.3 is 0 Å². The first-order chi connectivity index (χ1) is 13.6. The maximum atomic E-state index is 13.0. The van der Waals surface area contributed by atoms with E-state index in [1.807, 2.05) is 35.2 Å². The molecule has 2 aliphatic rings. The molecular formula is C22H24BrN3O2. The Balaban J connectivity index is 1.32. The second-order valence-electron chi connectivity index (χ2n) is 7.47. The predicted molar refractivity (Wildman–Crippen MR) is 113 cm³/mol. The highest BCUT2D eigenvalue weighted by atomic mass is 79.9. The molecule has 0 bridgehead atoms. The third-order valence-corrected chi connectivity index (χ3v) is 6.07. The van der Waals surface area contributed by atoms with E-state index in [1.54, 1.807) is 4.90 Å². The summed E-state index contributed by atoms with van der Waals surface area (Å²) < 4.78 is 0.976. The van der Waals surface area contributed by atoms with Crippen molar-refractivity contribution >= 4 is 33.4 Å². The number of rotatable bonds is 4. The van der Waals surface area contributed by atoms with Gasteiger partial charge in [-0.2, -0.15) is 0 Å². The first-order valence-corrected chi connectivity index (χ1v) is 10.5. The van der Waals surface area contributed by atoms with Crippen LogP contribution in [-0.4, -0.2) is 54.3 Å². The standard InChI is InChI=1S/C22H24BrN3O2/c23-19-6-8-20(9-7-19)26-16-18(14-21(26)27)22(28)25-12-10-24(11-13-25)15-17-4-2-1-3-5-17/h1-9,18H,10-16H2/t18-/m0/s1. The van der Waals surface area contributed by atoms with Crippen molar-refractivity contribution in [3.05, 3.63) is 64.6 Å². The summed E-state index contributed by atoms with van der Waals surface area (Å²) in [5.41, 5.74) is 2.16. The number of hydrogen-bond donors (Lipinski definition) is 0. The summed E-state index contributed by atoms with van der Waals surface area (Å²) in [5, 5.41) is 0. The van der Waals surface area contributed by atoms with Gasteiger partial charge in [-0.25, -0.2) is 0 Å². The Morgan fingerprint density at radius 3 is 2.32 bits per heavy atom. The molecule has 5 nitrogen and oxygen atoms in total. The van der Waals surface area contributed by atoms with Gasteiger partial charge in [0.2, 0.25) is 11.8 Å². The van der Waals surface area contributed by atoms with Crippen LogP contribution in [0.25, 0.3) is 0 Å². The van der Waals surface area contributed by atoms with Crippen LogP contribution < -0.4 is 4.90 Å². The molecule has 2 heterocycles. The molecule has 0 spiro atoms. The van der Waals surface area contributed by atoms with Crippen molar-refractivity contribution < 1.29 is 9.59 Å². The summed E-state index contributed by atoms with van der Waals surface area (Å²) in [4.78, 5) is 31.5. The van der Waals surface area contributed by atoms with Gasteiger partial charge in [0, 0.05) is 55.8 Å². The van der Waals surface area contributed by atoms with E-state index in [0.717, 1.165) is 42.9 Å². The van der Waals surface area contributed by atoms with Gasteiger partial charge in [0.15, 0.2) is 0 Å². The molecule has 2 saturated heterocycles. The largest absolute Gasteiger partial charge is 0.340 e. The Labute approximate surface area is 174 Å². The van der Waals surface area contributed by atoms with Gasteiger partial charge in [-0.1, -0.05) is 46.3 Å². The minimum absolute atomic E-state index is 0.0309. The number of hydrogen-bond acceptors (Lipinski definition) is 3. The number of benzene rings is 2. The number of halogens is 1. The first kappa shape index (κ1) is 19.2. The fourth-order valence-electron chi connectivity index (χ4n) is 3.97. The Hall–Kier alpha value is -2.18. The summed E-state index contributed by atoms with van der Waals surface area (Å²) >= 11 is 3.41. The lowest BCUT2D eigenvalue weighted by Gasteiger charge is -2.36. The average Bonchev–Trinajstić information content (AvgIpc) is 3.11. The summed E-state index contributed by atoms with van der Waals surface area (Å²) in [6, 6.07) is 18.1. The van der Waals surface area contributed by atoms with Crippen molar-refractivity contribution in [1.29, 1.82) is 0 Å². The number of piperazine rings is 1. The highest BCUT2D eigenvalue weighted by molar-refractivity contribution is 9.10. The van der Waals surface area contributed by atoms with Gasteiger partial charge in [0.05, 0.1) is 5.92 Å². The summed E-state index contributed by atoms with van der Waals surface area (Å²) in [7, 11) is 0. The molecule has 2 aromatic carbocycles. The molecule has 2 aliphatic heterocycles. The molecule has 0 unspecified atom stereocenters. The lowest BCUT2D eigenvalue weighted by molar-refractivity contribution is -0.137. The van der Waals surface area contributed by atoms with E-state index >= 15 is 0 Å². The quantitative estimate of drug-likeness (QED) is 0.731. The molecule has 1 atom stereocenters. The Morgan fingerprint density at radius 2 is 1.64 bits per heavy atom. The normalized spacial score (nSPS) is 20.6. The van der Waals surface area contributed by atoms with Crippen LogP contribution in [0.4, 0.5) is 5.69 Å². The monoisotopic (exact) mass is 441 g/mol. The van der Waals surface area contributed by atoms with Gasteiger partial charge in [-0.3, -0.25) is 14.5 Å². The molecule has 2 aromatic rings. The molecular weight excluding hydrogens is 418 g/mol. The number of carbonyl (C=O) groups excluding carboxylic acids is 2. The molecule has 0 aromatic heterocycles. The Kier molecular flexibility index (Phi) is 5.78. The lowest BCUT2D eigenvalue weighted by Crippen LogP contribution is -2.50. The van der Waals surface area contributed by atoms with Crippen LogP contribution in [0, 0.1) is 5.92 Å². The third kappa shape index (κ3) is 4.28. The Bertz CT molecular complexity index is 833. The van der Waals surface area contributed by atoms with Crippen molar-refractivity contribution in [3.63, 3.8) is 0 Å². The molecule has 28 heavy (non-hydrogen) atoms. The maximum Gasteiger partial charge on any atom is 0.228 e.